The largest absolute Gasteiger partial charge is 0.310 e. The Bertz CT molecular complexity index is 345. The number of unbranched alkanes of at least 4 members (excludes halogenated alkanes) is 1. The van der Waals surface area contributed by atoms with Gasteiger partial charge < -0.3 is 5.32 Å². The molecule has 94 valence electrons. The molecule has 0 radical (unpaired) electrons. The van der Waals surface area contributed by atoms with Crippen molar-refractivity contribution >= 4 is 11.3 Å². The van der Waals surface area contributed by atoms with Gasteiger partial charge in [-0.05, 0) is 56.7 Å². The molecule has 1 N–H and O–H groups in total. The number of allylic oxidation sites excluding steroid dienone is 1. The first-order chi connectivity index (χ1) is 8.35. The fourth-order valence-electron chi connectivity index (χ4n) is 2.58. The van der Waals surface area contributed by atoms with E-state index in [2.05, 4.69) is 24.9 Å². The van der Waals surface area contributed by atoms with Gasteiger partial charge in [-0.25, -0.2) is 0 Å². The summed E-state index contributed by atoms with van der Waals surface area (Å²) >= 11 is 2.04. The van der Waals surface area contributed by atoms with Gasteiger partial charge in [-0.2, -0.15) is 0 Å². The molecule has 0 aliphatic heterocycles. The van der Waals surface area contributed by atoms with E-state index in [1.165, 1.54) is 32.1 Å². The third-order valence-electron chi connectivity index (χ3n) is 3.46. The Kier molecular flexibility index (Phi) is 4.81. The first-order valence-corrected chi connectivity index (χ1v) is 7.62. The van der Waals surface area contributed by atoms with Gasteiger partial charge in [-0.3, -0.25) is 0 Å². The molecule has 0 bridgehead atoms. The summed E-state index contributed by atoms with van der Waals surface area (Å²) in [5.74, 6) is 0. The molecule has 0 amide bonds. The Morgan fingerprint density at radius 2 is 2.41 bits per heavy atom. The maximum atomic E-state index is 3.80. The first kappa shape index (κ1) is 12.8. The van der Waals surface area contributed by atoms with Gasteiger partial charge in [0.05, 0.1) is 0 Å². The van der Waals surface area contributed by atoms with Crippen LogP contribution in [0.1, 0.15) is 54.0 Å². The van der Waals surface area contributed by atoms with Crippen molar-refractivity contribution in [1.29, 1.82) is 0 Å². The van der Waals surface area contributed by atoms with Gasteiger partial charge in [0.15, 0.2) is 0 Å². The number of fused-ring (bicyclic) bond motifs is 1. The van der Waals surface area contributed by atoms with Crippen LogP contribution in [0.3, 0.4) is 0 Å². The second-order valence-electron chi connectivity index (χ2n) is 4.78. The summed E-state index contributed by atoms with van der Waals surface area (Å²) in [5.41, 5.74) is 1.62. The van der Waals surface area contributed by atoms with E-state index in [-0.39, 0.29) is 0 Å². The molecular weight excluding hydrogens is 226 g/mol. The highest BCUT2D eigenvalue weighted by molar-refractivity contribution is 7.12. The fourth-order valence-corrected chi connectivity index (χ4v) is 3.95. The van der Waals surface area contributed by atoms with E-state index < -0.39 is 0 Å². The molecule has 1 aliphatic rings. The average Bonchev–Trinajstić information content (AvgIpc) is 2.88. The summed E-state index contributed by atoms with van der Waals surface area (Å²) in [6.07, 6.45) is 9.61. The third kappa shape index (κ3) is 3.20. The number of thiophene rings is 1. The number of nitrogens with one attached hydrogen (secondary N) is 1. The predicted molar refractivity (Wildman–Crippen MR) is 76.8 cm³/mol. The van der Waals surface area contributed by atoms with Crippen LogP contribution in [-0.2, 0) is 12.8 Å². The lowest BCUT2D eigenvalue weighted by Gasteiger charge is -2.16. The van der Waals surface area contributed by atoms with Crippen molar-refractivity contribution in [2.45, 2.75) is 51.5 Å². The molecule has 1 aromatic heterocycles. The second kappa shape index (κ2) is 6.36. The molecule has 1 nitrogen and oxygen atoms in total. The molecule has 2 heteroatoms. The van der Waals surface area contributed by atoms with Crippen LogP contribution < -0.4 is 5.32 Å². The van der Waals surface area contributed by atoms with E-state index in [4.69, 9.17) is 0 Å². The Morgan fingerprint density at radius 3 is 3.12 bits per heavy atom. The summed E-state index contributed by atoms with van der Waals surface area (Å²) in [7, 11) is 0. The molecule has 1 unspecified atom stereocenters. The Balaban J connectivity index is 2.00. The lowest BCUT2D eigenvalue weighted by atomic mass is 10.1. The standard InChI is InChI=1S/C15H23NS/c1-3-5-6-9-13(16-4-2)15-11-12-8-7-10-14(12)17-15/h3,11,13,16H,1,4-10H2,2H3. The SMILES string of the molecule is C=CCCCC(NCC)c1cc2c(s1)CCC2. The van der Waals surface area contributed by atoms with Crippen LogP contribution in [0, 0.1) is 0 Å². The minimum absolute atomic E-state index is 0.565. The van der Waals surface area contributed by atoms with Crippen molar-refractivity contribution in [3.05, 3.63) is 34.0 Å². The molecule has 0 spiro atoms. The monoisotopic (exact) mass is 249 g/mol. The topological polar surface area (TPSA) is 12.0 Å². The fraction of sp³-hybridized carbons (Fsp3) is 0.600. The van der Waals surface area contributed by atoms with Gasteiger partial charge in [-0.1, -0.05) is 13.0 Å². The minimum atomic E-state index is 0.565. The maximum Gasteiger partial charge on any atom is 0.0415 e. The van der Waals surface area contributed by atoms with E-state index >= 15 is 0 Å². The lowest BCUT2D eigenvalue weighted by molar-refractivity contribution is 0.507. The molecule has 1 atom stereocenters. The van der Waals surface area contributed by atoms with Crippen LogP contribution in [-0.4, -0.2) is 6.54 Å². The third-order valence-corrected chi connectivity index (χ3v) is 4.81. The second-order valence-corrected chi connectivity index (χ2v) is 5.95. The van der Waals surface area contributed by atoms with E-state index in [1.807, 2.05) is 17.4 Å². The van der Waals surface area contributed by atoms with Crippen LogP contribution in [0.25, 0.3) is 0 Å². The van der Waals surface area contributed by atoms with Crippen LogP contribution in [0.2, 0.25) is 0 Å². The summed E-state index contributed by atoms with van der Waals surface area (Å²) < 4.78 is 0. The van der Waals surface area contributed by atoms with Crippen molar-refractivity contribution in [3.63, 3.8) is 0 Å². The number of rotatable bonds is 7. The van der Waals surface area contributed by atoms with Gasteiger partial charge in [0, 0.05) is 15.8 Å². The molecule has 0 fully saturated rings. The first-order valence-electron chi connectivity index (χ1n) is 6.81. The molecule has 1 aliphatic carbocycles. The molecule has 1 heterocycles. The molecule has 2 rings (SSSR count). The van der Waals surface area contributed by atoms with Gasteiger partial charge in [0.25, 0.3) is 0 Å². The van der Waals surface area contributed by atoms with Crippen molar-refractivity contribution in [2.24, 2.45) is 0 Å². The molecular formula is C15H23NS. The Hall–Kier alpha value is -0.600. The quantitative estimate of drug-likeness (QED) is 0.563. The maximum absolute atomic E-state index is 3.80. The summed E-state index contributed by atoms with van der Waals surface area (Å²) in [5, 5.41) is 3.62. The van der Waals surface area contributed by atoms with Gasteiger partial charge in [0.2, 0.25) is 0 Å². The van der Waals surface area contributed by atoms with Crippen LogP contribution >= 0.6 is 11.3 Å². The highest BCUT2D eigenvalue weighted by atomic mass is 32.1. The number of hydrogen-bond acceptors (Lipinski definition) is 2. The average molecular weight is 249 g/mol. The minimum Gasteiger partial charge on any atom is -0.310 e. The highest BCUT2D eigenvalue weighted by Gasteiger charge is 2.19. The van der Waals surface area contributed by atoms with Crippen molar-refractivity contribution < 1.29 is 0 Å². The van der Waals surface area contributed by atoms with Crippen molar-refractivity contribution in [1.82, 2.24) is 5.32 Å². The molecule has 0 saturated carbocycles. The van der Waals surface area contributed by atoms with Gasteiger partial charge >= 0.3 is 0 Å². The zero-order valence-electron chi connectivity index (χ0n) is 10.8. The normalized spacial score (nSPS) is 15.8. The zero-order chi connectivity index (χ0) is 12.1. The van der Waals surface area contributed by atoms with E-state index in [0.717, 1.165) is 13.0 Å². The lowest BCUT2D eigenvalue weighted by Crippen LogP contribution is -2.19. The molecule has 0 saturated heterocycles. The molecule has 0 aromatic carbocycles. The van der Waals surface area contributed by atoms with Crippen molar-refractivity contribution in [3.8, 4) is 0 Å². The summed E-state index contributed by atoms with van der Waals surface area (Å²) in [6, 6.07) is 3.02. The van der Waals surface area contributed by atoms with E-state index in [9.17, 15) is 0 Å². The summed E-state index contributed by atoms with van der Waals surface area (Å²) in [6.45, 7) is 7.05. The number of hydrogen-bond donors (Lipinski definition) is 1. The Labute approximate surface area is 109 Å². The number of aryl methyl sites for hydroxylation is 2. The van der Waals surface area contributed by atoms with Crippen LogP contribution in [0.5, 0.6) is 0 Å². The van der Waals surface area contributed by atoms with Crippen molar-refractivity contribution in [2.75, 3.05) is 6.54 Å². The predicted octanol–water partition coefficient (Wildman–Crippen LogP) is 4.24. The van der Waals surface area contributed by atoms with E-state index in [1.54, 1.807) is 15.3 Å². The smallest absolute Gasteiger partial charge is 0.0415 e. The van der Waals surface area contributed by atoms with Gasteiger partial charge in [0.1, 0.15) is 0 Å². The van der Waals surface area contributed by atoms with Crippen LogP contribution in [0.15, 0.2) is 18.7 Å². The summed E-state index contributed by atoms with van der Waals surface area (Å²) in [4.78, 5) is 3.20. The van der Waals surface area contributed by atoms with Gasteiger partial charge in [-0.15, -0.1) is 17.9 Å². The van der Waals surface area contributed by atoms with Crippen LogP contribution in [0.4, 0.5) is 0 Å². The van der Waals surface area contributed by atoms with E-state index in [0.29, 0.717) is 6.04 Å². The zero-order valence-corrected chi connectivity index (χ0v) is 11.6. The molecule has 17 heavy (non-hydrogen) atoms. The molecule has 1 aromatic rings. The highest BCUT2D eigenvalue weighted by Crippen LogP contribution is 2.35. The Morgan fingerprint density at radius 1 is 1.53 bits per heavy atom.